The molecule has 1 aliphatic rings. The van der Waals surface area contributed by atoms with Gasteiger partial charge in [-0.15, -0.1) is 0 Å². The summed E-state index contributed by atoms with van der Waals surface area (Å²) in [5.74, 6) is -1.99. The topological polar surface area (TPSA) is 92.8 Å². The monoisotopic (exact) mass is 430 g/mol. The number of amides is 3. The Morgan fingerprint density at radius 3 is 2.50 bits per heavy atom. The number of esters is 1. The highest BCUT2D eigenvalue weighted by Gasteiger charge is 2.35. The van der Waals surface area contributed by atoms with Crippen LogP contribution in [-0.2, 0) is 14.3 Å². The van der Waals surface area contributed by atoms with E-state index in [2.05, 4.69) is 5.32 Å². The van der Waals surface area contributed by atoms with Crippen molar-refractivity contribution in [2.75, 3.05) is 11.9 Å². The van der Waals surface area contributed by atoms with Gasteiger partial charge in [0, 0.05) is 17.6 Å². The third kappa shape index (κ3) is 4.09. The maximum Gasteiger partial charge on any atom is 0.308 e. The summed E-state index contributed by atoms with van der Waals surface area (Å²) in [4.78, 5) is 50.8. The first-order chi connectivity index (χ1) is 15.3. The van der Waals surface area contributed by atoms with Crippen molar-refractivity contribution in [3.63, 3.8) is 0 Å². The largest absolute Gasteiger partial charge is 0.452 e. The van der Waals surface area contributed by atoms with Crippen LogP contribution in [0.1, 0.15) is 39.6 Å². The molecule has 0 fully saturated rings. The zero-order valence-corrected chi connectivity index (χ0v) is 17.8. The van der Waals surface area contributed by atoms with Gasteiger partial charge in [0.25, 0.3) is 17.7 Å². The zero-order chi connectivity index (χ0) is 22.8. The lowest BCUT2D eigenvalue weighted by Gasteiger charge is -2.16. The average Bonchev–Trinajstić information content (AvgIpc) is 3.01. The van der Waals surface area contributed by atoms with Gasteiger partial charge in [-0.2, -0.15) is 0 Å². The van der Waals surface area contributed by atoms with Crippen molar-refractivity contribution in [2.24, 2.45) is 0 Å². The molecule has 4 rings (SSSR count). The van der Waals surface area contributed by atoms with Crippen molar-refractivity contribution in [1.82, 2.24) is 4.90 Å². The Morgan fingerprint density at radius 1 is 0.969 bits per heavy atom. The molecule has 0 bridgehead atoms. The van der Waals surface area contributed by atoms with E-state index in [0.29, 0.717) is 16.8 Å². The van der Waals surface area contributed by atoms with Gasteiger partial charge in [0.1, 0.15) is 0 Å². The van der Waals surface area contributed by atoms with E-state index in [1.165, 1.54) is 6.92 Å². The number of aryl methyl sites for hydroxylation is 1. The van der Waals surface area contributed by atoms with Gasteiger partial charge >= 0.3 is 5.97 Å². The van der Waals surface area contributed by atoms with E-state index in [1.54, 1.807) is 24.3 Å². The number of anilines is 1. The molecule has 0 spiro atoms. The molecule has 0 saturated heterocycles. The number of fused-ring (bicyclic) bond motifs is 2. The van der Waals surface area contributed by atoms with E-state index in [4.69, 9.17) is 4.74 Å². The molecule has 0 saturated carbocycles. The van der Waals surface area contributed by atoms with Crippen molar-refractivity contribution in [1.29, 1.82) is 0 Å². The Labute approximate surface area is 185 Å². The smallest absolute Gasteiger partial charge is 0.308 e. The molecule has 0 aromatic heterocycles. The number of benzene rings is 3. The number of carbonyl (C=O) groups excluding carboxylic acids is 4. The van der Waals surface area contributed by atoms with Gasteiger partial charge in [0.05, 0.1) is 17.5 Å². The summed E-state index contributed by atoms with van der Waals surface area (Å²) >= 11 is 0. The normalized spacial score (nSPS) is 13.8. The van der Waals surface area contributed by atoms with Crippen LogP contribution in [-0.4, -0.2) is 41.2 Å². The van der Waals surface area contributed by atoms with E-state index in [9.17, 15) is 19.2 Å². The van der Waals surface area contributed by atoms with Crippen molar-refractivity contribution in [3.8, 4) is 0 Å². The molecule has 3 aromatic carbocycles. The number of nitrogens with one attached hydrogen (secondary N) is 1. The average molecular weight is 430 g/mol. The Hall–Kier alpha value is -4.00. The second-order valence-electron chi connectivity index (χ2n) is 7.71. The lowest BCUT2D eigenvalue weighted by atomic mass is 10.1. The number of hydrogen-bond acceptors (Lipinski definition) is 5. The molecule has 1 unspecified atom stereocenters. The lowest BCUT2D eigenvalue weighted by Crippen LogP contribution is -2.34. The summed E-state index contributed by atoms with van der Waals surface area (Å²) in [5, 5.41) is 4.64. The molecular formula is C25H22N2O5. The van der Waals surface area contributed by atoms with Crippen LogP contribution in [0.25, 0.3) is 10.8 Å². The Morgan fingerprint density at radius 2 is 1.69 bits per heavy atom. The highest BCUT2D eigenvalue weighted by molar-refractivity contribution is 6.21. The van der Waals surface area contributed by atoms with Gasteiger partial charge in [0.2, 0.25) is 0 Å². The fourth-order valence-electron chi connectivity index (χ4n) is 3.69. The van der Waals surface area contributed by atoms with Gasteiger partial charge in [-0.1, -0.05) is 48.0 Å². The number of carbonyl (C=O) groups is 4. The number of rotatable bonds is 6. The molecular weight excluding hydrogens is 408 g/mol. The summed E-state index contributed by atoms with van der Waals surface area (Å²) in [6, 6.07) is 18.2. The van der Waals surface area contributed by atoms with Crippen molar-refractivity contribution < 1.29 is 23.9 Å². The third-order valence-electron chi connectivity index (χ3n) is 5.39. The van der Waals surface area contributed by atoms with Crippen LogP contribution < -0.4 is 5.32 Å². The first kappa shape index (κ1) is 21.2. The third-order valence-corrected chi connectivity index (χ3v) is 5.39. The quantitative estimate of drug-likeness (QED) is 0.475. The SMILES string of the molecule is Cc1ccc2c(c1)C(=O)N(CCC(=O)OC(C)C(=O)Nc1cccc3ccccc13)C2=O. The first-order valence-electron chi connectivity index (χ1n) is 10.3. The van der Waals surface area contributed by atoms with Crippen molar-refractivity contribution >= 4 is 40.2 Å². The van der Waals surface area contributed by atoms with Crippen LogP contribution >= 0.6 is 0 Å². The molecule has 7 heteroatoms. The standard InChI is InChI=1S/C25H22N2O5/c1-15-10-11-19-20(14-15)25(31)27(24(19)30)13-12-22(28)32-16(2)23(29)26-21-9-5-7-17-6-3-4-8-18(17)21/h3-11,14,16H,12-13H2,1-2H3,(H,26,29). The lowest BCUT2D eigenvalue weighted by molar-refractivity contribution is -0.153. The molecule has 1 heterocycles. The van der Waals surface area contributed by atoms with Gasteiger partial charge < -0.3 is 10.1 Å². The van der Waals surface area contributed by atoms with Crippen LogP contribution in [0.3, 0.4) is 0 Å². The van der Waals surface area contributed by atoms with Gasteiger partial charge in [0.15, 0.2) is 6.10 Å². The minimum atomic E-state index is -1.04. The fourth-order valence-corrected chi connectivity index (χ4v) is 3.69. The predicted octanol–water partition coefficient (Wildman–Crippen LogP) is 3.70. The highest BCUT2D eigenvalue weighted by atomic mass is 16.5. The van der Waals surface area contributed by atoms with Crippen molar-refractivity contribution in [2.45, 2.75) is 26.4 Å². The molecule has 1 atom stereocenters. The van der Waals surface area contributed by atoms with E-state index >= 15 is 0 Å². The minimum Gasteiger partial charge on any atom is -0.452 e. The second kappa shape index (κ2) is 8.63. The van der Waals surface area contributed by atoms with Crippen LogP contribution in [0.4, 0.5) is 5.69 Å². The molecule has 0 aliphatic carbocycles. The van der Waals surface area contributed by atoms with E-state index < -0.39 is 29.8 Å². The van der Waals surface area contributed by atoms with Gasteiger partial charge in [-0.25, -0.2) is 0 Å². The second-order valence-corrected chi connectivity index (χ2v) is 7.71. The summed E-state index contributed by atoms with van der Waals surface area (Å²) in [5.41, 5.74) is 2.16. The Kier molecular flexibility index (Phi) is 5.73. The van der Waals surface area contributed by atoms with E-state index in [0.717, 1.165) is 21.2 Å². The molecule has 1 N–H and O–H groups in total. The van der Waals surface area contributed by atoms with E-state index in [-0.39, 0.29) is 13.0 Å². The summed E-state index contributed by atoms with van der Waals surface area (Å²) < 4.78 is 5.22. The molecule has 162 valence electrons. The highest BCUT2D eigenvalue weighted by Crippen LogP contribution is 2.25. The first-order valence-corrected chi connectivity index (χ1v) is 10.3. The predicted molar refractivity (Wildman–Crippen MR) is 119 cm³/mol. The van der Waals surface area contributed by atoms with Crippen molar-refractivity contribution in [3.05, 3.63) is 77.4 Å². The summed E-state index contributed by atoms with van der Waals surface area (Å²) in [6.07, 6.45) is -1.23. The molecule has 7 nitrogen and oxygen atoms in total. The summed E-state index contributed by atoms with van der Waals surface area (Å²) in [6.45, 7) is 3.20. The fraction of sp³-hybridized carbons (Fsp3) is 0.200. The molecule has 3 aromatic rings. The number of nitrogens with zero attached hydrogens (tertiary/aromatic N) is 1. The van der Waals surface area contributed by atoms with Gasteiger partial charge in [-0.3, -0.25) is 24.1 Å². The van der Waals surface area contributed by atoms with Crippen LogP contribution in [0.5, 0.6) is 0 Å². The van der Waals surface area contributed by atoms with Crippen LogP contribution in [0, 0.1) is 6.92 Å². The maximum absolute atomic E-state index is 12.5. The maximum atomic E-state index is 12.5. The number of ether oxygens (including phenoxy) is 1. The number of hydrogen-bond donors (Lipinski definition) is 1. The Balaban J connectivity index is 1.34. The Bertz CT molecular complexity index is 1240. The molecule has 0 radical (unpaired) electrons. The van der Waals surface area contributed by atoms with Gasteiger partial charge in [-0.05, 0) is 37.4 Å². The number of imide groups is 1. The van der Waals surface area contributed by atoms with E-state index in [1.807, 2.05) is 43.3 Å². The molecule has 32 heavy (non-hydrogen) atoms. The molecule has 3 amide bonds. The summed E-state index contributed by atoms with van der Waals surface area (Å²) in [7, 11) is 0. The van der Waals surface area contributed by atoms with Crippen LogP contribution in [0.15, 0.2) is 60.7 Å². The zero-order valence-electron chi connectivity index (χ0n) is 17.8. The van der Waals surface area contributed by atoms with Crippen LogP contribution in [0.2, 0.25) is 0 Å². The molecule has 1 aliphatic heterocycles. The minimum absolute atomic E-state index is 0.109.